The van der Waals surface area contributed by atoms with Crippen LogP contribution in [0.4, 0.5) is 15.9 Å². The van der Waals surface area contributed by atoms with Crippen LogP contribution < -0.4 is 10.2 Å². The molecule has 1 aromatic heterocycles. The summed E-state index contributed by atoms with van der Waals surface area (Å²) in [7, 11) is 1.90. The minimum absolute atomic E-state index is 0.111. The zero-order valence-electron chi connectivity index (χ0n) is 13.7. The number of aromatic nitrogens is 2. The largest absolute Gasteiger partial charge is 0.354 e. The fraction of sp³-hybridized carbons (Fsp3) is 0.105. The summed E-state index contributed by atoms with van der Waals surface area (Å²) in [6.07, 6.45) is 0. The summed E-state index contributed by atoms with van der Waals surface area (Å²) in [4.78, 5) is 14.1. The Hall–Kier alpha value is -3.28. The molecular formula is C19H17FN4O. The van der Waals surface area contributed by atoms with Crippen LogP contribution in [0.25, 0.3) is 0 Å². The van der Waals surface area contributed by atoms with Gasteiger partial charge in [-0.05, 0) is 29.8 Å². The number of para-hydroxylation sites is 1. The number of carbonyl (C=O) groups excluding carboxylic acids is 1. The molecule has 1 N–H and O–H groups in total. The molecule has 0 atom stereocenters. The number of carbonyl (C=O) groups is 1. The van der Waals surface area contributed by atoms with Crippen LogP contribution in [0.1, 0.15) is 16.1 Å². The molecular weight excluding hydrogens is 319 g/mol. The van der Waals surface area contributed by atoms with E-state index in [4.69, 9.17) is 0 Å². The fourth-order valence-corrected chi connectivity index (χ4v) is 2.34. The van der Waals surface area contributed by atoms with Gasteiger partial charge in [0.25, 0.3) is 5.91 Å². The Balaban J connectivity index is 1.67. The molecule has 0 aliphatic carbocycles. The first-order chi connectivity index (χ1) is 12.1. The lowest BCUT2D eigenvalue weighted by Gasteiger charge is -2.17. The van der Waals surface area contributed by atoms with Crippen molar-refractivity contribution in [3.63, 3.8) is 0 Å². The number of rotatable bonds is 5. The van der Waals surface area contributed by atoms with Crippen LogP contribution >= 0.6 is 0 Å². The highest BCUT2D eigenvalue weighted by atomic mass is 19.1. The van der Waals surface area contributed by atoms with Crippen molar-refractivity contribution in [3.05, 3.63) is 83.8 Å². The number of nitrogens with zero attached hydrogens (tertiary/aromatic N) is 3. The molecule has 1 heterocycles. The molecule has 2 aromatic carbocycles. The van der Waals surface area contributed by atoms with Gasteiger partial charge in [-0.1, -0.05) is 42.5 Å². The molecule has 0 aliphatic rings. The number of hydrogen-bond donors (Lipinski definition) is 1. The maximum Gasteiger partial charge on any atom is 0.276 e. The first-order valence-corrected chi connectivity index (χ1v) is 7.78. The Labute approximate surface area is 145 Å². The second-order valence-electron chi connectivity index (χ2n) is 5.55. The summed E-state index contributed by atoms with van der Waals surface area (Å²) in [5.74, 6) is -0.357. The summed E-state index contributed by atoms with van der Waals surface area (Å²) in [5, 5.41) is 10.5. The van der Waals surface area contributed by atoms with Crippen molar-refractivity contribution >= 4 is 17.4 Å². The average Bonchev–Trinajstić information content (AvgIpc) is 2.64. The summed E-state index contributed by atoms with van der Waals surface area (Å²) in [6, 6.07) is 19.2. The molecule has 0 aliphatic heterocycles. The molecule has 0 fully saturated rings. The van der Waals surface area contributed by atoms with Gasteiger partial charge in [-0.15, -0.1) is 10.2 Å². The van der Waals surface area contributed by atoms with E-state index in [0.717, 1.165) is 5.56 Å². The van der Waals surface area contributed by atoms with Gasteiger partial charge >= 0.3 is 0 Å². The van der Waals surface area contributed by atoms with Gasteiger partial charge in [-0.25, -0.2) is 4.39 Å². The normalized spacial score (nSPS) is 10.3. The second kappa shape index (κ2) is 7.53. The van der Waals surface area contributed by atoms with E-state index < -0.39 is 11.7 Å². The fourth-order valence-electron chi connectivity index (χ4n) is 2.34. The molecule has 0 bridgehead atoms. The molecule has 6 heteroatoms. The van der Waals surface area contributed by atoms with Crippen LogP contribution in [0.2, 0.25) is 0 Å². The number of hydrogen-bond acceptors (Lipinski definition) is 4. The Kier molecular flexibility index (Phi) is 4.99. The molecule has 0 radical (unpaired) electrons. The van der Waals surface area contributed by atoms with E-state index in [9.17, 15) is 9.18 Å². The van der Waals surface area contributed by atoms with Crippen molar-refractivity contribution in [3.8, 4) is 0 Å². The van der Waals surface area contributed by atoms with Crippen LogP contribution in [0, 0.1) is 5.82 Å². The van der Waals surface area contributed by atoms with Gasteiger partial charge < -0.3 is 10.2 Å². The van der Waals surface area contributed by atoms with Gasteiger partial charge in [0.1, 0.15) is 5.82 Å². The maximum atomic E-state index is 13.6. The minimum Gasteiger partial charge on any atom is -0.354 e. The monoisotopic (exact) mass is 336 g/mol. The summed E-state index contributed by atoms with van der Waals surface area (Å²) >= 11 is 0. The van der Waals surface area contributed by atoms with E-state index in [1.165, 1.54) is 12.1 Å². The molecule has 0 saturated carbocycles. The molecule has 0 spiro atoms. The van der Waals surface area contributed by atoms with Gasteiger partial charge in [-0.2, -0.15) is 0 Å². The van der Waals surface area contributed by atoms with Crippen molar-refractivity contribution in [2.45, 2.75) is 6.54 Å². The number of amides is 1. The van der Waals surface area contributed by atoms with Gasteiger partial charge in [0.05, 0.1) is 5.69 Å². The number of nitrogens with one attached hydrogen (secondary N) is 1. The predicted molar refractivity (Wildman–Crippen MR) is 94.9 cm³/mol. The highest BCUT2D eigenvalue weighted by Gasteiger charge is 2.12. The summed E-state index contributed by atoms with van der Waals surface area (Å²) in [6.45, 7) is 0.677. The molecule has 126 valence electrons. The smallest absolute Gasteiger partial charge is 0.276 e. The average molecular weight is 336 g/mol. The van der Waals surface area contributed by atoms with Crippen LogP contribution in [-0.4, -0.2) is 23.2 Å². The van der Waals surface area contributed by atoms with E-state index in [2.05, 4.69) is 15.5 Å². The molecule has 0 unspecified atom stereocenters. The molecule has 3 rings (SSSR count). The third-order valence-corrected chi connectivity index (χ3v) is 3.66. The van der Waals surface area contributed by atoms with E-state index >= 15 is 0 Å². The lowest BCUT2D eigenvalue weighted by molar-refractivity contribution is 0.102. The Morgan fingerprint density at radius 1 is 1.00 bits per heavy atom. The lowest BCUT2D eigenvalue weighted by atomic mass is 10.2. The minimum atomic E-state index is -0.505. The van der Waals surface area contributed by atoms with Gasteiger partial charge in [0.2, 0.25) is 0 Å². The molecule has 3 aromatic rings. The van der Waals surface area contributed by atoms with Crippen LogP contribution in [0.15, 0.2) is 66.7 Å². The SMILES string of the molecule is CN(Cc1ccccc1)c1ccc(C(=O)Nc2ccccc2F)nn1. The quantitative estimate of drug-likeness (QED) is 0.775. The van der Waals surface area contributed by atoms with Gasteiger partial charge in [0, 0.05) is 13.6 Å². The Morgan fingerprint density at radius 2 is 1.72 bits per heavy atom. The lowest BCUT2D eigenvalue weighted by Crippen LogP contribution is -2.20. The Bertz CT molecular complexity index is 853. The predicted octanol–water partition coefficient (Wildman–Crippen LogP) is 3.50. The van der Waals surface area contributed by atoms with Crippen molar-refractivity contribution in [2.75, 3.05) is 17.3 Å². The van der Waals surface area contributed by atoms with Crippen molar-refractivity contribution in [1.29, 1.82) is 0 Å². The molecule has 1 amide bonds. The van der Waals surface area contributed by atoms with E-state index in [-0.39, 0.29) is 11.4 Å². The van der Waals surface area contributed by atoms with E-state index in [1.807, 2.05) is 42.3 Å². The van der Waals surface area contributed by atoms with Crippen molar-refractivity contribution in [1.82, 2.24) is 10.2 Å². The zero-order valence-corrected chi connectivity index (χ0v) is 13.7. The highest BCUT2D eigenvalue weighted by molar-refractivity contribution is 6.02. The third-order valence-electron chi connectivity index (χ3n) is 3.66. The van der Waals surface area contributed by atoms with E-state index in [1.54, 1.807) is 24.3 Å². The molecule has 0 saturated heterocycles. The topological polar surface area (TPSA) is 58.1 Å². The highest BCUT2D eigenvalue weighted by Crippen LogP contribution is 2.15. The Morgan fingerprint density at radius 3 is 2.40 bits per heavy atom. The van der Waals surface area contributed by atoms with Crippen LogP contribution in [-0.2, 0) is 6.54 Å². The zero-order chi connectivity index (χ0) is 17.6. The number of anilines is 2. The second-order valence-corrected chi connectivity index (χ2v) is 5.55. The molecule has 5 nitrogen and oxygen atoms in total. The molecule has 25 heavy (non-hydrogen) atoms. The maximum absolute atomic E-state index is 13.6. The summed E-state index contributed by atoms with van der Waals surface area (Å²) in [5.41, 5.74) is 1.38. The van der Waals surface area contributed by atoms with Crippen molar-refractivity contribution < 1.29 is 9.18 Å². The van der Waals surface area contributed by atoms with E-state index in [0.29, 0.717) is 12.4 Å². The van der Waals surface area contributed by atoms with Gasteiger partial charge in [0.15, 0.2) is 11.5 Å². The van der Waals surface area contributed by atoms with Crippen LogP contribution in [0.5, 0.6) is 0 Å². The van der Waals surface area contributed by atoms with Crippen LogP contribution in [0.3, 0.4) is 0 Å². The number of benzene rings is 2. The first-order valence-electron chi connectivity index (χ1n) is 7.78. The first kappa shape index (κ1) is 16.6. The third kappa shape index (κ3) is 4.17. The standard InChI is InChI=1S/C19H17FN4O/c1-24(13-14-7-3-2-4-8-14)18-12-11-17(22-23-18)19(25)21-16-10-6-5-9-15(16)20/h2-12H,13H2,1H3,(H,21,25). The summed E-state index contributed by atoms with van der Waals surface area (Å²) < 4.78 is 13.6. The van der Waals surface area contributed by atoms with Gasteiger partial charge in [-0.3, -0.25) is 4.79 Å². The number of halogens is 1. The van der Waals surface area contributed by atoms with Crippen molar-refractivity contribution in [2.24, 2.45) is 0 Å².